The molecule has 0 saturated heterocycles. The minimum Gasteiger partial charge on any atom is -0.492 e. The predicted molar refractivity (Wildman–Crippen MR) is 88.1 cm³/mol. The lowest BCUT2D eigenvalue weighted by molar-refractivity contribution is -0.141. The Hall–Kier alpha value is -1.56. The molecule has 0 saturated carbocycles. The van der Waals surface area contributed by atoms with Gasteiger partial charge in [-0.15, -0.1) is 0 Å². The molecule has 0 atom stereocenters. The zero-order chi connectivity index (χ0) is 16.5. The SMILES string of the molecule is CCOC(=O)CNC(=O)c1ccc(OCCC(C)C)c(Br)c1. The summed E-state index contributed by atoms with van der Waals surface area (Å²) < 4.78 is 11.1. The van der Waals surface area contributed by atoms with Crippen molar-refractivity contribution in [3.8, 4) is 5.75 Å². The molecule has 1 N–H and O–H groups in total. The van der Waals surface area contributed by atoms with E-state index in [2.05, 4.69) is 35.1 Å². The third-order valence-corrected chi connectivity index (χ3v) is 3.47. The van der Waals surface area contributed by atoms with Crippen molar-refractivity contribution in [1.82, 2.24) is 5.32 Å². The number of amides is 1. The van der Waals surface area contributed by atoms with Crippen molar-refractivity contribution < 1.29 is 19.1 Å². The number of carbonyl (C=O) groups excluding carboxylic acids is 2. The Morgan fingerprint density at radius 1 is 1.32 bits per heavy atom. The van der Waals surface area contributed by atoms with Crippen LogP contribution in [0.25, 0.3) is 0 Å². The number of esters is 1. The predicted octanol–water partition coefficient (Wildman–Crippen LogP) is 3.17. The third-order valence-electron chi connectivity index (χ3n) is 2.85. The van der Waals surface area contributed by atoms with Gasteiger partial charge in [0.15, 0.2) is 0 Å². The lowest BCUT2D eigenvalue weighted by Crippen LogP contribution is -2.30. The van der Waals surface area contributed by atoms with Crippen LogP contribution in [0.5, 0.6) is 5.75 Å². The Balaban J connectivity index is 2.56. The van der Waals surface area contributed by atoms with Crippen LogP contribution in [-0.2, 0) is 9.53 Å². The zero-order valence-corrected chi connectivity index (χ0v) is 14.7. The zero-order valence-electron chi connectivity index (χ0n) is 13.1. The Morgan fingerprint density at radius 2 is 2.05 bits per heavy atom. The number of benzene rings is 1. The monoisotopic (exact) mass is 371 g/mol. The first-order valence-electron chi connectivity index (χ1n) is 7.30. The van der Waals surface area contributed by atoms with Crippen molar-refractivity contribution in [3.63, 3.8) is 0 Å². The van der Waals surface area contributed by atoms with Crippen LogP contribution in [0.4, 0.5) is 0 Å². The number of carbonyl (C=O) groups is 2. The number of hydrogen-bond acceptors (Lipinski definition) is 4. The van der Waals surface area contributed by atoms with Gasteiger partial charge >= 0.3 is 5.97 Å². The summed E-state index contributed by atoms with van der Waals surface area (Å²) in [5.74, 6) is 0.486. The summed E-state index contributed by atoms with van der Waals surface area (Å²) >= 11 is 3.39. The van der Waals surface area contributed by atoms with E-state index in [1.54, 1.807) is 25.1 Å². The Bertz CT molecular complexity index is 517. The van der Waals surface area contributed by atoms with Gasteiger partial charge in [-0.2, -0.15) is 0 Å². The molecule has 0 aliphatic carbocycles. The summed E-state index contributed by atoms with van der Waals surface area (Å²) in [4.78, 5) is 23.1. The van der Waals surface area contributed by atoms with Crippen LogP contribution < -0.4 is 10.1 Å². The number of ether oxygens (including phenoxy) is 2. The highest BCUT2D eigenvalue weighted by Crippen LogP contribution is 2.26. The first-order chi connectivity index (χ1) is 10.4. The van der Waals surface area contributed by atoms with Gasteiger partial charge in [0.25, 0.3) is 5.91 Å². The largest absolute Gasteiger partial charge is 0.492 e. The van der Waals surface area contributed by atoms with E-state index in [0.717, 1.165) is 6.42 Å². The van der Waals surface area contributed by atoms with Crippen molar-refractivity contribution in [3.05, 3.63) is 28.2 Å². The van der Waals surface area contributed by atoms with Crippen molar-refractivity contribution >= 4 is 27.8 Å². The fourth-order valence-electron chi connectivity index (χ4n) is 1.63. The molecule has 0 bridgehead atoms. The van der Waals surface area contributed by atoms with Crippen LogP contribution in [0, 0.1) is 5.92 Å². The van der Waals surface area contributed by atoms with E-state index in [1.807, 2.05) is 0 Å². The van der Waals surface area contributed by atoms with E-state index in [0.29, 0.717) is 34.9 Å². The molecule has 0 unspecified atom stereocenters. The summed E-state index contributed by atoms with van der Waals surface area (Å²) in [6, 6.07) is 5.07. The highest BCUT2D eigenvalue weighted by Gasteiger charge is 2.11. The smallest absolute Gasteiger partial charge is 0.325 e. The van der Waals surface area contributed by atoms with Crippen molar-refractivity contribution in [2.24, 2.45) is 5.92 Å². The molecule has 5 nitrogen and oxygen atoms in total. The van der Waals surface area contributed by atoms with E-state index < -0.39 is 5.97 Å². The van der Waals surface area contributed by atoms with E-state index in [9.17, 15) is 9.59 Å². The number of rotatable bonds is 8. The molecule has 0 aromatic heterocycles. The summed E-state index contributed by atoms with van der Waals surface area (Å²) in [7, 11) is 0. The number of halogens is 1. The van der Waals surface area contributed by atoms with Gasteiger partial charge in [0.1, 0.15) is 12.3 Å². The van der Waals surface area contributed by atoms with Gasteiger partial charge in [0.05, 0.1) is 17.7 Å². The minimum atomic E-state index is -0.455. The van der Waals surface area contributed by atoms with Gasteiger partial charge in [-0.25, -0.2) is 0 Å². The molecular formula is C16H22BrNO4. The second-order valence-electron chi connectivity index (χ2n) is 5.16. The van der Waals surface area contributed by atoms with Crippen LogP contribution in [0.2, 0.25) is 0 Å². The van der Waals surface area contributed by atoms with Gasteiger partial charge in [-0.1, -0.05) is 13.8 Å². The van der Waals surface area contributed by atoms with Crippen LogP contribution in [0.3, 0.4) is 0 Å². The van der Waals surface area contributed by atoms with E-state index in [4.69, 9.17) is 9.47 Å². The molecule has 0 fully saturated rings. The third kappa shape index (κ3) is 6.47. The average Bonchev–Trinajstić information content (AvgIpc) is 2.46. The molecule has 22 heavy (non-hydrogen) atoms. The molecule has 1 aromatic carbocycles. The van der Waals surface area contributed by atoms with Crippen LogP contribution in [-0.4, -0.2) is 31.6 Å². The maximum atomic E-state index is 11.9. The summed E-state index contributed by atoms with van der Waals surface area (Å²) in [5, 5.41) is 2.51. The second kappa shape index (κ2) is 9.46. The van der Waals surface area contributed by atoms with Gasteiger partial charge in [-0.05, 0) is 53.4 Å². The Kier molecular flexibility index (Phi) is 7.95. The van der Waals surface area contributed by atoms with Gasteiger partial charge in [0, 0.05) is 5.56 Å². The minimum absolute atomic E-state index is 0.142. The first kappa shape index (κ1) is 18.5. The molecule has 6 heteroatoms. The number of hydrogen-bond donors (Lipinski definition) is 1. The van der Waals surface area contributed by atoms with Crippen LogP contribution >= 0.6 is 15.9 Å². The lowest BCUT2D eigenvalue weighted by atomic mass is 10.1. The molecule has 122 valence electrons. The maximum absolute atomic E-state index is 11.9. The van der Waals surface area contributed by atoms with E-state index in [-0.39, 0.29) is 12.5 Å². The number of nitrogens with one attached hydrogen (secondary N) is 1. The van der Waals surface area contributed by atoms with E-state index >= 15 is 0 Å². The molecule has 0 heterocycles. The quantitative estimate of drug-likeness (QED) is 0.712. The molecule has 0 aliphatic rings. The lowest BCUT2D eigenvalue weighted by Gasteiger charge is -2.11. The molecule has 1 amide bonds. The standard InChI is InChI=1S/C16H22BrNO4/c1-4-21-15(19)10-18-16(20)12-5-6-14(13(17)9-12)22-8-7-11(2)3/h5-6,9,11H,4,7-8,10H2,1-3H3,(H,18,20). The highest BCUT2D eigenvalue weighted by molar-refractivity contribution is 9.10. The molecule has 1 aromatic rings. The maximum Gasteiger partial charge on any atom is 0.325 e. The van der Waals surface area contributed by atoms with Gasteiger partial charge in [0.2, 0.25) is 0 Å². The van der Waals surface area contributed by atoms with Crippen molar-refractivity contribution in [2.45, 2.75) is 27.2 Å². The summed E-state index contributed by atoms with van der Waals surface area (Å²) in [6.45, 7) is 6.77. The topological polar surface area (TPSA) is 64.6 Å². The van der Waals surface area contributed by atoms with Crippen molar-refractivity contribution in [2.75, 3.05) is 19.8 Å². The molecule has 0 radical (unpaired) electrons. The average molecular weight is 372 g/mol. The highest BCUT2D eigenvalue weighted by atomic mass is 79.9. The molecular weight excluding hydrogens is 350 g/mol. The van der Waals surface area contributed by atoms with Crippen LogP contribution in [0.15, 0.2) is 22.7 Å². The van der Waals surface area contributed by atoms with Crippen LogP contribution in [0.1, 0.15) is 37.6 Å². The Labute approximate surface area is 139 Å². The molecule has 0 aliphatic heterocycles. The van der Waals surface area contributed by atoms with Gasteiger partial charge in [-0.3, -0.25) is 9.59 Å². The summed E-state index contributed by atoms with van der Waals surface area (Å²) in [6.07, 6.45) is 0.966. The van der Waals surface area contributed by atoms with E-state index in [1.165, 1.54) is 0 Å². The molecule has 1 rings (SSSR count). The fraction of sp³-hybridized carbons (Fsp3) is 0.500. The normalized spacial score (nSPS) is 10.4. The second-order valence-corrected chi connectivity index (χ2v) is 6.02. The summed E-state index contributed by atoms with van der Waals surface area (Å²) in [5.41, 5.74) is 0.451. The first-order valence-corrected chi connectivity index (χ1v) is 8.09. The molecule has 0 spiro atoms. The van der Waals surface area contributed by atoms with Crippen molar-refractivity contribution in [1.29, 1.82) is 0 Å². The fourth-order valence-corrected chi connectivity index (χ4v) is 2.12. The Morgan fingerprint density at radius 3 is 2.64 bits per heavy atom. The van der Waals surface area contributed by atoms with Gasteiger partial charge < -0.3 is 14.8 Å².